The lowest BCUT2D eigenvalue weighted by molar-refractivity contribution is -0.151. The fourth-order valence-corrected chi connectivity index (χ4v) is 7.30. The second-order valence-corrected chi connectivity index (χ2v) is 16.8. The molecule has 0 bridgehead atoms. The highest BCUT2D eigenvalue weighted by molar-refractivity contribution is 5.77. The van der Waals surface area contributed by atoms with Crippen molar-refractivity contribution in [2.45, 2.75) is 257 Å². The molecule has 0 aromatic rings. The Balaban J connectivity index is 4.69. The van der Waals surface area contributed by atoms with E-state index in [-0.39, 0.29) is 24.9 Å². The molecule has 0 spiro atoms. The van der Waals surface area contributed by atoms with Gasteiger partial charge in [-0.1, -0.05) is 204 Å². The zero-order valence-electron chi connectivity index (χ0n) is 38.9. The number of ether oxygens (including phenoxy) is 1. The van der Waals surface area contributed by atoms with Gasteiger partial charge in [0.15, 0.2) is 0 Å². The normalized spacial score (nSPS) is 13.8. The maximum atomic E-state index is 13.2. The minimum atomic E-state index is -0.804. The first-order valence-corrected chi connectivity index (χ1v) is 25.0. The Kier molecular flexibility index (Phi) is 44.7. The van der Waals surface area contributed by atoms with Crippen molar-refractivity contribution in [1.82, 2.24) is 5.32 Å². The van der Waals surface area contributed by atoms with Crippen LogP contribution in [0.3, 0.4) is 0 Å². The summed E-state index contributed by atoms with van der Waals surface area (Å²) in [6.07, 6.45) is 57.1. The molecule has 0 saturated heterocycles. The first-order chi connectivity index (χ1) is 29.0. The van der Waals surface area contributed by atoms with Gasteiger partial charge in [-0.15, -0.1) is 0 Å². The summed E-state index contributed by atoms with van der Waals surface area (Å²) in [7, 11) is 0. The predicted molar refractivity (Wildman–Crippen MR) is 255 cm³/mol. The second kappa shape index (κ2) is 46.6. The summed E-state index contributed by atoms with van der Waals surface area (Å²) in [5.74, 6) is -0.547. The van der Waals surface area contributed by atoms with E-state index < -0.39 is 18.2 Å². The van der Waals surface area contributed by atoms with Crippen molar-refractivity contribution in [3.05, 3.63) is 60.8 Å². The molecule has 0 fully saturated rings. The third kappa shape index (κ3) is 42.1. The molecule has 0 rings (SSSR count). The molecule has 3 N–H and O–H groups in total. The SMILES string of the molecule is CC/C=C/C/C=C/C/C=C/C/C=C/CCCC(CC(=O)NC(CO)C(O)CCCCCCCCCCCCCCC)OC(=O)CCCCC/C=C\CCCCCCCC. The Bertz CT molecular complexity index is 1060. The Morgan fingerprint density at radius 2 is 0.932 bits per heavy atom. The number of hydrogen-bond donors (Lipinski definition) is 3. The summed E-state index contributed by atoms with van der Waals surface area (Å²) >= 11 is 0. The largest absolute Gasteiger partial charge is 0.462 e. The number of amides is 1. The van der Waals surface area contributed by atoms with E-state index in [0.717, 1.165) is 89.9 Å². The van der Waals surface area contributed by atoms with Crippen LogP contribution in [0.25, 0.3) is 0 Å². The number of carbonyl (C=O) groups excluding carboxylic acids is 2. The van der Waals surface area contributed by atoms with Crippen molar-refractivity contribution in [2.24, 2.45) is 0 Å². The van der Waals surface area contributed by atoms with Crippen LogP contribution in [0.5, 0.6) is 0 Å². The van der Waals surface area contributed by atoms with E-state index in [1.54, 1.807) is 0 Å². The number of allylic oxidation sites excluding steroid dienone is 10. The van der Waals surface area contributed by atoms with Gasteiger partial charge < -0.3 is 20.3 Å². The van der Waals surface area contributed by atoms with Gasteiger partial charge >= 0.3 is 5.97 Å². The molecule has 1 amide bonds. The summed E-state index contributed by atoms with van der Waals surface area (Å²) < 4.78 is 5.89. The second-order valence-electron chi connectivity index (χ2n) is 16.8. The van der Waals surface area contributed by atoms with E-state index in [2.05, 4.69) is 86.8 Å². The first kappa shape index (κ1) is 56.6. The monoisotopic (exact) mass is 826 g/mol. The maximum Gasteiger partial charge on any atom is 0.306 e. The van der Waals surface area contributed by atoms with E-state index in [0.29, 0.717) is 19.3 Å². The van der Waals surface area contributed by atoms with Crippen LogP contribution in [-0.4, -0.2) is 46.9 Å². The van der Waals surface area contributed by atoms with Gasteiger partial charge in [0.25, 0.3) is 0 Å². The van der Waals surface area contributed by atoms with E-state index in [9.17, 15) is 19.8 Å². The highest BCUT2D eigenvalue weighted by atomic mass is 16.5. The molecule has 0 heterocycles. The highest BCUT2D eigenvalue weighted by Crippen LogP contribution is 2.17. The summed E-state index contributed by atoms with van der Waals surface area (Å²) in [6, 6.07) is -0.722. The van der Waals surface area contributed by atoms with E-state index in [1.807, 2.05) is 0 Å². The average molecular weight is 826 g/mol. The van der Waals surface area contributed by atoms with Crippen LogP contribution in [0.4, 0.5) is 0 Å². The van der Waals surface area contributed by atoms with Crippen molar-refractivity contribution in [2.75, 3.05) is 6.61 Å². The Morgan fingerprint density at radius 3 is 1.44 bits per heavy atom. The number of esters is 1. The molecule has 0 aromatic heterocycles. The molecule has 0 aromatic carbocycles. The van der Waals surface area contributed by atoms with Crippen molar-refractivity contribution in [3.63, 3.8) is 0 Å². The molecule has 59 heavy (non-hydrogen) atoms. The van der Waals surface area contributed by atoms with Gasteiger partial charge in [-0.3, -0.25) is 9.59 Å². The summed E-state index contributed by atoms with van der Waals surface area (Å²) in [4.78, 5) is 26.1. The van der Waals surface area contributed by atoms with Crippen molar-refractivity contribution < 1.29 is 24.5 Å². The van der Waals surface area contributed by atoms with Crippen LogP contribution in [0.1, 0.15) is 239 Å². The van der Waals surface area contributed by atoms with E-state index in [1.165, 1.54) is 103 Å². The third-order valence-corrected chi connectivity index (χ3v) is 11.1. The topological polar surface area (TPSA) is 95.9 Å². The molecular formula is C53H95NO5. The molecule has 3 unspecified atom stereocenters. The molecule has 0 radical (unpaired) electrons. The van der Waals surface area contributed by atoms with Gasteiger partial charge in [0, 0.05) is 6.42 Å². The van der Waals surface area contributed by atoms with Crippen LogP contribution in [0.2, 0.25) is 0 Å². The molecule has 342 valence electrons. The van der Waals surface area contributed by atoms with Crippen LogP contribution >= 0.6 is 0 Å². The number of aliphatic hydroxyl groups excluding tert-OH is 2. The molecule has 0 saturated carbocycles. The lowest BCUT2D eigenvalue weighted by Crippen LogP contribution is -2.46. The minimum absolute atomic E-state index is 0.0330. The number of unbranched alkanes of at least 4 members (excludes halogenated alkanes) is 22. The molecular weight excluding hydrogens is 731 g/mol. The highest BCUT2D eigenvalue weighted by Gasteiger charge is 2.24. The zero-order valence-corrected chi connectivity index (χ0v) is 38.9. The van der Waals surface area contributed by atoms with Crippen molar-refractivity contribution in [1.29, 1.82) is 0 Å². The number of aliphatic hydroxyl groups is 2. The van der Waals surface area contributed by atoms with Crippen LogP contribution in [-0.2, 0) is 14.3 Å². The molecule has 3 atom stereocenters. The van der Waals surface area contributed by atoms with Gasteiger partial charge in [0.2, 0.25) is 5.91 Å². The van der Waals surface area contributed by atoms with Crippen LogP contribution < -0.4 is 5.32 Å². The molecule has 0 aliphatic heterocycles. The fraction of sp³-hybridized carbons (Fsp3) is 0.774. The number of carbonyl (C=O) groups is 2. The fourth-order valence-electron chi connectivity index (χ4n) is 7.30. The summed E-state index contributed by atoms with van der Waals surface area (Å²) in [6.45, 7) is 6.34. The lowest BCUT2D eigenvalue weighted by atomic mass is 10.0. The van der Waals surface area contributed by atoms with Gasteiger partial charge in [0.1, 0.15) is 6.10 Å². The number of hydrogen-bond acceptors (Lipinski definition) is 5. The minimum Gasteiger partial charge on any atom is -0.462 e. The number of nitrogens with one attached hydrogen (secondary N) is 1. The van der Waals surface area contributed by atoms with Gasteiger partial charge in [-0.2, -0.15) is 0 Å². The quantitative estimate of drug-likeness (QED) is 0.0323. The summed E-state index contributed by atoms with van der Waals surface area (Å²) in [5.41, 5.74) is 0. The van der Waals surface area contributed by atoms with E-state index >= 15 is 0 Å². The Morgan fingerprint density at radius 1 is 0.508 bits per heavy atom. The standard InChI is InChI=1S/C53H95NO5/c1-4-7-10-13-16-19-22-25-28-29-32-35-38-41-44-49(59-53(58)46-43-40-37-34-31-27-24-21-18-15-12-9-6-3)47-52(57)54-50(48-55)51(56)45-42-39-36-33-30-26-23-20-17-14-11-8-5-2/h7,10,16,19,25,27-28,31-32,35,49-51,55-56H,4-6,8-9,11-15,17-18,20-24,26,29-30,33-34,36-48H2,1-3H3,(H,54,57)/b10-7+,19-16+,28-25+,31-27-,35-32+. The summed E-state index contributed by atoms with van der Waals surface area (Å²) in [5, 5.41) is 23.7. The smallest absolute Gasteiger partial charge is 0.306 e. The first-order valence-electron chi connectivity index (χ1n) is 25.0. The molecule has 6 heteroatoms. The van der Waals surface area contributed by atoms with Gasteiger partial charge in [0.05, 0.1) is 25.2 Å². The average Bonchev–Trinajstić information content (AvgIpc) is 3.23. The van der Waals surface area contributed by atoms with Gasteiger partial charge in [-0.05, 0) is 83.5 Å². The van der Waals surface area contributed by atoms with Gasteiger partial charge in [-0.25, -0.2) is 0 Å². The molecule has 0 aliphatic rings. The maximum absolute atomic E-state index is 13.2. The zero-order chi connectivity index (χ0) is 43.1. The Labute approximate surface area is 365 Å². The van der Waals surface area contributed by atoms with E-state index in [4.69, 9.17) is 4.74 Å². The number of rotatable bonds is 44. The lowest BCUT2D eigenvalue weighted by Gasteiger charge is -2.24. The van der Waals surface area contributed by atoms with Crippen LogP contribution in [0, 0.1) is 0 Å². The Hall–Kier alpha value is -2.44. The van der Waals surface area contributed by atoms with Crippen molar-refractivity contribution >= 4 is 11.9 Å². The predicted octanol–water partition coefficient (Wildman–Crippen LogP) is 14.8. The van der Waals surface area contributed by atoms with Crippen molar-refractivity contribution in [3.8, 4) is 0 Å². The molecule has 0 aliphatic carbocycles. The molecule has 6 nitrogen and oxygen atoms in total. The third-order valence-electron chi connectivity index (χ3n) is 11.1. The van der Waals surface area contributed by atoms with Crippen LogP contribution in [0.15, 0.2) is 60.8 Å².